The minimum atomic E-state index is 0.271. The van der Waals surface area contributed by atoms with Crippen molar-refractivity contribution in [3.05, 3.63) is 29.3 Å². The first-order valence-corrected chi connectivity index (χ1v) is 7.85. The first-order chi connectivity index (χ1) is 11.1. The molecule has 1 fully saturated rings. The molecule has 1 aliphatic heterocycles. The van der Waals surface area contributed by atoms with Crippen molar-refractivity contribution in [1.82, 2.24) is 29.7 Å². The molecule has 1 aliphatic rings. The quantitative estimate of drug-likeness (QED) is 0.713. The summed E-state index contributed by atoms with van der Waals surface area (Å²) in [4.78, 5) is 15.5. The second-order valence-electron chi connectivity index (χ2n) is 6.07. The summed E-state index contributed by atoms with van der Waals surface area (Å²) in [6.07, 6.45) is 3.70. The van der Waals surface area contributed by atoms with Gasteiger partial charge < -0.3 is 9.42 Å². The third-order valence-corrected chi connectivity index (χ3v) is 4.51. The Bertz CT molecular complexity index is 853. The number of hydrogen-bond donors (Lipinski definition) is 0. The van der Waals surface area contributed by atoms with E-state index in [1.807, 2.05) is 18.4 Å². The van der Waals surface area contributed by atoms with Crippen LogP contribution >= 0.6 is 0 Å². The Hall–Kier alpha value is -2.51. The normalized spacial score (nSPS) is 18.7. The predicted molar refractivity (Wildman–Crippen MR) is 83.5 cm³/mol. The van der Waals surface area contributed by atoms with Gasteiger partial charge in [-0.3, -0.25) is 0 Å². The van der Waals surface area contributed by atoms with Crippen LogP contribution in [0.4, 0.5) is 5.82 Å². The molecule has 23 heavy (non-hydrogen) atoms. The summed E-state index contributed by atoms with van der Waals surface area (Å²) < 4.78 is 6.97. The highest BCUT2D eigenvalue weighted by Crippen LogP contribution is 2.30. The number of aromatic nitrogens is 6. The van der Waals surface area contributed by atoms with E-state index in [1.54, 1.807) is 6.33 Å². The van der Waals surface area contributed by atoms with E-state index < -0.39 is 0 Å². The van der Waals surface area contributed by atoms with E-state index in [4.69, 9.17) is 4.52 Å². The number of anilines is 1. The van der Waals surface area contributed by atoms with Crippen LogP contribution in [0.3, 0.4) is 0 Å². The largest absolute Gasteiger partial charge is 0.355 e. The molecule has 0 unspecified atom stereocenters. The zero-order valence-corrected chi connectivity index (χ0v) is 13.5. The molecule has 0 aliphatic carbocycles. The average Bonchev–Trinajstić information content (AvgIpc) is 3.17. The zero-order chi connectivity index (χ0) is 16.0. The average molecular weight is 313 g/mol. The first kappa shape index (κ1) is 14.1. The summed E-state index contributed by atoms with van der Waals surface area (Å²) >= 11 is 0. The molecule has 0 spiro atoms. The topological polar surface area (TPSA) is 85.2 Å². The fourth-order valence-electron chi connectivity index (χ4n) is 3.25. The van der Waals surface area contributed by atoms with Crippen LogP contribution in [0.2, 0.25) is 0 Å². The van der Waals surface area contributed by atoms with E-state index in [9.17, 15) is 0 Å². The molecule has 3 aromatic rings. The van der Waals surface area contributed by atoms with Crippen molar-refractivity contribution in [3.63, 3.8) is 0 Å². The van der Waals surface area contributed by atoms with E-state index in [1.165, 1.54) is 0 Å². The van der Waals surface area contributed by atoms with Crippen LogP contribution < -0.4 is 4.90 Å². The molecule has 0 saturated carbocycles. The summed E-state index contributed by atoms with van der Waals surface area (Å²) in [5, 5.41) is 8.45. The number of nitrogens with zero attached hydrogens (tertiary/aromatic N) is 7. The molecular formula is C15H19N7O. The highest BCUT2D eigenvalue weighted by atomic mass is 16.5. The Morgan fingerprint density at radius 1 is 1.22 bits per heavy atom. The first-order valence-electron chi connectivity index (χ1n) is 7.85. The van der Waals surface area contributed by atoms with Crippen molar-refractivity contribution in [2.75, 3.05) is 18.0 Å². The van der Waals surface area contributed by atoms with E-state index in [-0.39, 0.29) is 5.92 Å². The van der Waals surface area contributed by atoms with Crippen molar-refractivity contribution in [2.24, 2.45) is 0 Å². The SMILES string of the molecule is Cc1nc([C@H]2CCCN(c3c(C)c(C)nc4ncnn34)C2)no1. The molecule has 0 aromatic carbocycles. The van der Waals surface area contributed by atoms with Crippen LogP contribution in [0.1, 0.15) is 41.7 Å². The summed E-state index contributed by atoms with van der Waals surface area (Å²) in [5.41, 5.74) is 2.12. The van der Waals surface area contributed by atoms with Gasteiger partial charge in [0.25, 0.3) is 5.78 Å². The van der Waals surface area contributed by atoms with E-state index >= 15 is 0 Å². The minimum absolute atomic E-state index is 0.271. The zero-order valence-electron chi connectivity index (χ0n) is 13.5. The molecule has 3 aromatic heterocycles. The molecule has 8 nitrogen and oxygen atoms in total. The molecule has 0 bridgehead atoms. The second-order valence-corrected chi connectivity index (χ2v) is 6.07. The predicted octanol–water partition coefficient (Wildman–Crippen LogP) is 1.82. The van der Waals surface area contributed by atoms with Crippen LogP contribution in [0, 0.1) is 20.8 Å². The monoisotopic (exact) mass is 313 g/mol. The molecule has 120 valence electrons. The highest BCUT2D eigenvalue weighted by Gasteiger charge is 2.28. The number of rotatable bonds is 2. The maximum atomic E-state index is 5.14. The summed E-state index contributed by atoms with van der Waals surface area (Å²) in [5.74, 6) is 3.39. The van der Waals surface area contributed by atoms with Gasteiger partial charge in [-0.15, -0.1) is 0 Å². The third kappa shape index (κ3) is 2.34. The van der Waals surface area contributed by atoms with Crippen LogP contribution in [-0.4, -0.2) is 42.8 Å². The van der Waals surface area contributed by atoms with Gasteiger partial charge in [-0.05, 0) is 26.7 Å². The summed E-state index contributed by atoms with van der Waals surface area (Å²) in [6.45, 7) is 7.75. The fraction of sp³-hybridized carbons (Fsp3) is 0.533. The van der Waals surface area contributed by atoms with E-state index in [0.29, 0.717) is 11.7 Å². The fourth-order valence-corrected chi connectivity index (χ4v) is 3.25. The number of hydrogen-bond acceptors (Lipinski definition) is 7. The lowest BCUT2D eigenvalue weighted by Gasteiger charge is -2.34. The van der Waals surface area contributed by atoms with Gasteiger partial charge in [0.15, 0.2) is 5.82 Å². The molecule has 0 N–H and O–H groups in total. The van der Waals surface area contributed by atoms with Gasteiger partial charge in [-0.2, -0.15) is 19.6 Å². The van der Waals surface area contributed by atoms with Gasteiger partial charge in [-0.25, -0.2) is 4.98 Å². The molecule has 0 amide bonds. The van der Waals surface area contributed by atoms with Gasteiger partial charge in [0.1, 0.15) is 12.1 Å². The highest BCUT2D eigenvalue weighted by molar-refractivity contribution is 5.54. The Kier molecular flexibility index (Phi) is 3.24. The van der Waals surface area contributed by atoms with Crippen LogP contribution in [0.15, 0.2) is 10.9 Å². The summed E-state index contributed by atoms with van der Waals surface area (Å²) in [6, 6.07) is 0. The van der Waals surface area contributed by atoms with E-state index in [2.05, 4.69) is 37.0 Å². The smallest absolute Gasteiger partial charge is 0.254 e. The number of piperidine rings is 1. The van der Waals surface area contributed by atoms with Crippen molar-refractivity contribution in [3.8, 4) is 0 Å². The Labute approximate surface area is 133 Å². The van der Waals surface area contributed by atoms with Crippen molar-refractivity contribution in [1.29, 1.82) is 0 Å². The van der Waals surface area contributed by atoms with Crippen LogP contribution in [0.5, 0.6) is 0 Å². The molecule has 1 saturated heterocycles. The molecule has 1 atom stereocenters. The number of fused-ring (bicyclic) bond motifs is 1. The lowest BCUT2D eigenvalue weighted by Crippen LogP contribution is -2.36. The maximum Gasteiger partial charge on any atom is 0.254 e. The molecule has 8 heteroatoms. The van der Waals surface area contributed by atoms with Gasteiger partial charge in [-0.1, -0.05) is 5.16 Å². The Morgan fingerprint density at radius 2 is 2.09 bits per heavy atom. The van der Waals surface area contributed by atoms with Crippen molar-refractivity contribution in [2.45, 2.75) is 39.5 Å². The summed E-state index contributed by atoms with van der Waals surface area (Å²) in [7, 11) is 0. The van der Waals surface area contributed by atoms with Crippen molar-refractivity contribution >= 4 is 11.6 Å². The maximum absolute atomic E-state index is 5.14. The third-order valence-electron chi connectivity index (χ3n) is 4.51. The second kappa shape index (κ2) is 5.29. The molecule has 0 radical (unpaired) electrons. The van der Waals surface area contributed by atoms with Crippen LogP contribution in [0.25, 0.3) is 5.78 Å². The Morgan fingerprint density at radius 3 is 2.87 bits per heavy atom. The molecular weight excluding hydrogens is 294 g/mol. The lowest BCUT2D eigenvalue weighted by atomic mass is 9.97. The van der Waals surface area contributed by atoms with Gasteiger partial charge in [0.05, 0.1) is 0 Å². The van der Waals surface area contributed by atoms with Gasteiger partial charge >= 0.3 is 0 Å². The van der Waals surface area contributed by atoms with Gasteiger partial charge in [0, 0.05) is 37.2 Å². The molecule has 4 rings (SSSR count). The molecule has 4 heterocycles. The minimum Gasteiger partial charge on any atom is -0.355 e. The standard InChI is InChI=1S/C15H19N7O/c1-9-10(2)18-15-16-8-17-22(15)14(9)21-6-4-5-12(7-21)13-19-11(3)23-20-13/h8,12H,4-7H2,1-3H3/t12-/m0/s1. The van der Waals surface area contributed by atoms with Crippen LogP contribution in [-0.2, 0) is 0 Å². The lowest BCUT2D eigenvalue weighted by molar-refractivity contribution is 0.376. The van der Waals surface area contributed by atoms with E-state index in [0.717, 1.165) is 48.8 Å². The Balaban J connectivity index is 1.73. The number of aryl methyl sites for hydroxylation is 2. The van der Waals surface area contributed by atoms with Crippen molar-refractivity contribution < 1.29 is 4.52 Å². The van der Waals surface area contributed by atoms with Gasteiger partial charge in [0.2, 0.25) is 5.89 Å².